The second kappa shape index (κ2) is 6.72. The number of aryl methyl sites for hydroxylation is 2. The van der Waals surface area contributed by atoms with Crippen LogP contribution in [0.3, 0.4) is 0 Å². The van der Waals surface area contributed by atoms with Gasteiger partial charge in [0.1, 0.15) is 18.0 Å². The van der Waals surface area contributed by atoms with Crippen LogP contribution in [0.5, 0.6) is 5.75 Å². The molecule has 0 aliphatic carbocycles. The first kappa shape index (κ1) is 16.0. The normalized spacial score (nSPS) is 21.7. The summed E-state index contributed by atoms with van der Waals surface area (Å²) in [4.78, 5) is 9.91. The van der Waals surface area contributed by atoms with Gasteiger partial charge in [-0.1, -0.05) is 18.2 Å². The highest BCUT2D eigenvalue weighted by molar-refractivity contribution is 5.31. The molecule has 2 heterocycles. The van der Waals surface area contributed by atoms with Crippen molar-refractivity contribution in [3.63, 3.8) is 0 Å². The number of nitrogens with zero attached hydrogens (tertiary/aromatic N) is 2. The van der Waals surface area contributed by atoms with E-state index in [0.717, 1.165) is 48.8 Å². The van der Waals surface area contributed by atoms with Gasteiger partial charge in [-0.3, -0.25) is 4.90 Å². The molecule has 0 bridgehead atoms. The maximum atomic E-state index is 6.05. The van der Waals surface area contributed by atoms with Crippen LogP contribution in [0.15, 0.2) is 30.6 Å². The highest BCUT2D eigenvalue weighted by Gasteiger charge is 2.39. The Hall–Kier alpha value is -1.85. The Balaban J connectivity index is 1.61. The minimum Gasteiger partial charge on any atom is -0.490 e. The van der Waals surface area contributed by atoms with Crippen LogP contribution in [0.1, 0.15) is 23.4 Å². The molecular weight excluding hydrogens is 290 g/mol. The molecule has 5 heteroatoms. The van der Waals surface area contributed by atoms with Gasteiger partial charge in [-0.05, 0) is 31.9 Å². The van der Waals surface area contributed by atoms with E-state index in [2.05, 4.69) is 34.8 Å². The highest BCUT2D eigenvalue weighted by Crippen LogP contribution is 2.28. The Morgan fingerprint density at radius 1 is 1.30 bits per heavy atom. The molecule has 0 amide bonds. The second-order valence-corrected chi connectivity index (χ2v) is 6.38. The van der Waals surface area contributed by atoms with Gasteiger partial charge in [0, 0.05) is 32.4 Å². The Bertz CT molecular complexity index is 655. The molecule has 0 unspecified atom stereocenters. The van der Waals surface area contributed by atoms with Gasteiger partial charge in [0.05, 0.1) is 12.0 Å². The summed E-state index contributed by atoms with van der Waals surface area (Å²) in [6.07, 6.45) is 2.73. The van der Waals surface area contributed by atoms with Crippen molar-refractivity contribution in [3.8, 4) is 5.75 Å². The molecule has 23 heavy (non-hydrogen) atoms. The number of para-hydroxylation sites is 1. The molecule has 1 aliphatic rings. The number of aromatic nitrogens is 2. The van der Waals surface area contributed by atoms with Gasteiger partial charge in [0.25, 0.3) is 0 Å². The minimum atomic E-state index is -0.244. The third-order valence-electron chi connectivity index (χ3n) is 4.72. The molecule has 1 aliphatic heterocycles. The van der Waals surface area contributed by atoms with Crippen molar-refractivity contribution < 1.29 is 9.47 Å². The van der Waals surface area contributed by atoms with Crippen LogP contribution >= 0.6 is 0 Å². The standard InChI is InChI=1S/C18H25N3O2/c1-14-6-4-5-7-17(14)23-12-18(22-3)8-9-21(11-18)10-16-15(2)19-13-20-16/h4-7,13H,8-12H2,1-3H3,(H,19,20)/t18-/m0/s1. The van der Waals surface area contributed by atoms with Gasteiger partial charge >= 0.3 is 0 Å². The van der Waals surface area contributed by atoms with Crippen LogP contribution in [0.2, 0.25) is 0 Å². The zero-order valence-corrected chi connectivity index (χ0v) is 14.1. The zero-order chi connectivity index (χ0) is 16.3. The van der Waals surface area contributed by atoms with E-state index in [0.29, 0.717) is 6.61 Å². The van der Waals surface area contributed by atoms with Crippen molar-refractivity contribution in [2.45, 2.75) is 32.4 Å². The van der Waals surface area contributed by atoms with Crippen molar-refractivity contribution in [3.05, 3.63) is 47.5 Å². The summed E-state index contributed by atoms with van der Waals surface area (Å²) >= 11 is 0. The predicted molar refractivity (Wildman–Crippen MR) is 89.6 cm³/mol. The van der Waals surface area contributed by atoms with E-state index >= 15 is 0 Å². The number of aromatic amines is 1. The van der Waals surface area contributed by atoms with Crippen molar-refractivity contribution in [2.24, 2.45) is 0 Å². The van der Waals surface area contributed by atoms with E-state index in [-0.39, 0.29) is 5.60 Å². The Morgan fingerprint density at radius 2 is 2.13 bits per heavy atom. The number of imidazole rings is 1. The molecule has 5 nitrogen and oxygen atoms in total. The van der Waals surface area contributed by atoms with Crippen LogP contribution in [0.4, 0.5) is 0 Å². The van der Waals surface area contributed by atoms with Gasteiger partial charge in [-0.15, -0.1) is 0 Å². The molecule has 1 N–H and O–H groups in total. The van der Waals surface area contributed by atoms with Crippen LogP contribution in [0.25, 0.3) is 0 Å². The highest BCUT2D eigenvalue weighted by atomic mass is 16.5. The predicted octanol–water partition coefficient (Wildman–Crippen LogP) is 2.70. The van der Waals surface area contributed by atoms with Crippen LogP contribution in [-0.2, 0) is 11.3 Å². The number of H-pyrrole nitrogens is 1. The fourth-order valence-corrected chi connectivity index (χ4v) is 3.09. The Labute approximate surface area is 137 Å². The van der Waals surface area contributed by atoms with Crippen LogP contribution in [0, 0.1) is 13.8 Å². The number of likely N-dealkylation sites (tertiary alicyclic amines) is 1. The van der Waals surface area contributed by atoms with E-state index in [1.807, 2.05) is 18.2 Å². The Kier molecular flexibility index (Phi) is 4.68. The molecule has 0 saturated carbocycles. The maximum Gasteiger partial charge on any atom is 0.122 e. The van der Waals surface area contributed by atoms with E-state index in [4.69, 9.17) is 9.47 Å². The Morgan fingerprint density at radius 3 is 2.83 bits per heavy atom. The van der Waals surface area contributed by atoms with E-state index < -0.39 is 0 Å². The number of nitrogens with one attached hydrogen (secondary N) is 1. The number of ether oxygens (including phenoxy) is 2. The number of hydrogen-bond donors (Lipinski definition) is 1. The first-order valence-electron chi connectivity index (χ1n) is 8.07. The molecular formula is C18H25N3O2. The second-order valence-electron chi connectivity index (χ2n) is 6.38. The van der Waals surface area contributed by atoms with Gasteiger partial charge in [0.15, 0.2) is 0 Å². The first-order chi connectivity index (χ1) is 11.1. The molecule has 3 rings (SSSR count). The number of hydrogen-bond acceptors (Lipinski definition) is 4. The molecule has 1 fully saturated rings. The maximum absolute atomic E-state index is 6.05. The lowest BCUT2D eigenvalue weighted by molar-refractivity contribution is -0.0361. The number of methoxy groups -OCH3 is 1. The third kappa shape index (κ3) is 3.57. The van der Waals surface area contributed by atoms with Gasteiger partial charge in [0.2, 0.25) is 0 Å². The summed E-state index contributed by atoms with van der Waals surface area (Å²) in [7, 11) is 1.78. The zero-order valence-electron chi connectivity index (χ0n) is 14.1. The summed E-state index contributed by atoms with van der Waals surface area (Å²) in [5.74, 6) is 0.936. The largest absolute Gasteiger partial charge is 0.490 e. The van der Waals surface area contributed by atoms with Crippen molar-refractivity contribution >= 4 is 0 Å². The topological polar surface area (TPSA) is 50.4 Å². The lowest BCUT2D eigenvalue weighted by atomic mass is 10.0. The summed E-state index contributed by atoms with van der Waals surface area (Å²) in [5.41, 5.74) is 3.15. The molecule has 2 aromatic rings. The third-order valence-corrected chi connectivity index (χ3v) is 4.72. The van der Waals surface area contributed by atoms with Gasteiger partial charge in [-0.25, -0.2) is 4.98 Å². The van der Waals surface area contributed by atoms with Crippen LogP contribution in [-0.4, -0.2) is 47.3 Å². The molecule has 1 atom stereocenters. The summed E-state index contributed by atoms with van der Waals surface area (Å²) < 4.78 is 11.9. The summed E-state index contributed by atoms with van der Waals surface area (Å²) in [5, 5.41) is 0. The molecule has 0 radical (unpaired) electrons. The number of benzene rings is 1. The molecule has 1 saturated heterocycles. The molecule has 0 spiro atoms. The van der Waals surface area contributed by atoms with Crippen molar-refractivity contribution in [2.75, 3.05) is 26.8 Å². The summed E-state index contributed by atoms with van der Waals surface area (Å²) in [6.45, 7) is 7.41. The molecule has 1 aromatic carbocycles. The van der Waals surface area contributed by atoms with Crippen molar-refractivity contribution in [1.82, 2.24) is 14.9 Å². The van der Waals surface area contributed by atoms with Crippen molar-refractivity contribution in [1.29, 1.82) is 0 Å². The lowest BCUT2D eigenvalue weighted by Gasteiger charge is -2.28. The molecule has 1 aromatic heterocycles. The first-order valence-corrected chi connectivity index (χ1v) is 8.07. The SMILES string of the molecule is CO[C@@]1(COc2ccccc2C)CCN(Cc2nc[nH]c2C)C1. The smallest absolute Gasteiger partial charge is 0.122 e. The monoisotopic (exact) mass is 315 g/mol. The fraction of sp³-hybridized carbons (Fsp3) is 0.500. The van der Waals surface area contributed by atoms with E-state index in [1.165, 1.54) is 0 Å². The van der Waals surface area contributed by atoms with E-state index in [1.54, 1.807) is 13.4 Å². The quantitative estimate of drug-likeness (QED) is 0.890. The average molecular weight is 315 g/mol. The van der Waals surface area contributed by atoms with Gasteiger partial charge in [-0.2, -0.15) is 0 Å². The number of rotatable bonds is 6. The minimum absolute atomic E-state index is 0.244. The van der Waals surface area contributed by atoms with Gasteiger partial charge < -0.3 is 14.5 Å². The fourth-order valence-electron chi connectivity index (χ4n) is 3.09. The lowest BCUT2D eigenvalue weighted by Crippen LogP contribution is -2.41. The molecule has 124 valence electrons. The summed E-state index contributed by atoms with van der Waals surface area (Å²) in [6, 6.07) is 8.11. The van der Waals surface area contributed by atoms with Crippen LogP contribution < -0.4 is 4.74 Å². The average Bonchev–Trinajstić information content (AvgIpc) is 3.15. The van der Waals surface area contributed by atoms with E-state index in [9.17, 15) is 0 Å².